The number of pyridine rings is 2. The van der Waals surface area contributed by atoms with Crippen LogP contribution in [0.15, 0.2) is 35.3 Å². The van der Waals surface area contributed by atoms with E-state index in [0.29, 0.717) is 0 Å². The normalized spacial score (nSPS) is 22.4. The summed E-state index contributed by atoms with van der Waals surface area (Å²) in [6.07, 6.45) is -4.01. The van der Waals surface area contributed by atoms with E-state index in [2.05, 4.69) is 9.97 Å². The van der Waals surface area contributed by atoms with Gasteiger partial charge in [-0.15, -0.1) is 0 Å². The summed E-state index contributed by atoms with van der Waals surface area (Å²) in [6.45, 7) is 0.489. The number of nitrogens with zero attached hydrogens (tertiary/aromatic N) is 1. The maximum atomic E-state index is 15.0. The van der Waals surface area contributed by atoms with Gasteiger partial charge in [0.25, 0.3) is 5.91 Å². The Hall–Kier alpha value is -3.67. The summed E-state index contributed by atoms with van der Waals surface area (Å²) in [5.41, 5.74) is 2.58. The van der Waals surface area contributed by atoms with Crippen LogP contribution in [0, 0.1) is 5.82 Å². The van der Waals surface area contributed by atoms with Gasteiger partial charge < -0.3 is 24.9 Å². The van der Waals surface area contributed by atoms with E-state index in [1.54, 1.807) is 0 Å². The maximum absolute atomic E-state index is 15.0. The lowest BCUT2D eigenvalue weighted by Crippen LogP contribution is -2.51. The van der Waals surface area contributed by atoms with Gasteiger partial charge in [0.05, 0.1) is 31.7 Å². The van der Waals surface area contributed by atoms with Crippen molar-refractivity contribution >= 4 is 16.8 Å². The Labute approximate surface area is 202 Å². The SMILES string of the molecule is COc1ccc([C@@H]2C[C@](C)(C(F)(F)F)OC[C@H]2c2cc(=O)c3c(C(N)=O)nccc3[nH]2)c(OC)c1F. The number of alkyl halides is 3. The Balaban J connectivity index is 1.91. The fourth-order valence-electron chi connectivity index (χ4n) is 4.66. The number of halogens is 4. The zero-order chi connectivity index (χ0) is 26.4. The molecule has 0 unspecified atom stereocenters. The molecule has 3 aromatic rings. The van der Waals surface area contributed by atoms with E-state index in [1.807, 2.05) is 0 Å². The first-order chi connectivity index (χ1) is 16.9. The fraction of sp³-hybridized carbons (Fsp3) is 0.375. The highest BCUT2D eigenvalue weighted by atomic mass is 19.4. The second-order valence-electron chi connectivity index (χ2n) is 8.70. The van der Waals surface area contributed by atoms with Crippen LogP contribution in [-0.2, 0) is 4.74 Å². The number of amides is 1. The summed E-state index contributed by atoms with van der Waals surface area (Å²) in [5.74, 6) is -3.98. The number of benzene rings is 1. The van der Waals surface area contributed by atoms with Gasteiger partial charge in [-0.3, -0.25) is 14.6 Å². The molecule has 3 heterocycles. The van der Waals surface area contributed by atoms with Gasteiger partial charge in [-0.2, -0.15) is 17.6 Å². The largest absolute Gasteiger partial charge is 0.494 e. The third-order valence-electron chi connectivity index (χ3n) is 6.59. The number of nitrogens with one attached hydrogen (secondary N) is 1. The van der Waals surface area contributed by atoms with E-state index in [4.69, 9.17) is 19.9 Å². The van der Waals surface area contributed by atoms with Gasteiger partial charge in [0, 0.05) is 35.4 Å². The third kappa shape index (κ3) is 4.15. The number of H-pyrrole nitrogens is 1. The lowest BCUT2D eigenvalue weighted by molar-refractivity contribution is -0.286. The molecule has 192 valence electrons. The van der Waals surface area contributed by atoms with Crippen LogP contribution < -0.4 is 20.6 Å². The highest BCUT2D eigenvalue weighted by Gasteiger charge is 2.57. The Morgan fingerprint density at radius 1 is 1.22 bits per heavy atom. The number of carbonyl (C=O) groups is 1. The zero-order valence-electron chi connectivity index (χ0n) is 19.5. The molecule has 1 aromatic carbocycles. The molecule has 0 saturated carbocycles. The van der Waals surface area contributed by atoms with Crippen LogP contribution >= 0.6 is 0 Å². The standard InChI is InChI=1S/C24H23F4N3O5/c1-23(24(26,27)28)9-12(11-4-5-17(34-2)19(25)21(11)35-3)13(10-36-23)15-8-16(32)18-14(31-15)6-7-30-20(18)22(29)33/h4-8,12-13H,9-10H2,1-3H3,(H2,29,33)(H,31,32)/t12-,13+,23+/m0/s1. The van der Waals surface area contributed by atoms with Gasteiger partial charge in [-0.05, 0) is 25.5 Å². The van der Waals surface area contributed by atoms with Crippen LogP contribution in [0.25, 0.3) is 10.9 Å². The molecular formula is C24H23F4N3O5. The molecule has 1 amide bonds. The number of ether oxygens (including phenoxy) is 3. The molecule has 0 aliphatic carbocycles. The summed E-state index contributed by atoms with van der Waals surface area (Å²) in [6, 6.07) is 5.35. The predicted molar refractivity (Wildman–Crippen MR) is 121 cm³/mol. The second kappa shape index (κ2) is 9.08. The van der Waals surface area contributed by atoms with Crippen LogP contribution in [-0.4, -0.2) is 48.5 Å². The predicted octanol–water partition coefficient (Wildman–Crippen LogP) is 3.79. The lowest BCUT2D eigenvalue weighted by Gasteiger charge is -2.44. The second-order valence-corrected chi connectivity index (χ2v) is 8.70. The number of rotatable bonds is 5. The molecule has 0 spiro atoms. The molecule has 2 aromatic heterocycles. The van der Waals surface area contributed by atoms with E-state index in [0.717, 1.165) is 6.92 Å². The van der Waals surface area contributed by atoms with Crippen molar-refractivity contribution in [2.75, 3.05) is 20.8 Å². The number of hydrogen-bond acceptors (Lipinski definition) is 6. The number of methoxy groups -OCH3 is 2. The zero-order valence-corrected chi connectivity index (χ0v) is 19.5. The van der Waals surface area contributed by atoms with Crippen molar-refractivity contribution < 1.29 is 36.6 Å². The monoisotopic (exact) mass is 509 g/mol. The number of nitrogens with two attached hydrogens (primary N) is 1. The Kier molecular flexibility index (Phi) is 6.41. The Morgan fingerprint density at radius 2 is 1.94 bits per heavy atom. The number of hydrogen-bond donors (Lipinski definition) is 2. The highest BCUT2D eigenvalue weighted by molar-refractivity contribution is 6.03. The first kappa shape index (κ1) is 25.4. The number of fused-ring (bicyclic) bond motifs is 1. The van der Waals surface area contributed by atoms with Crippen molar-refractivity contribution in [3.05, 3.63) is 63.5 Å². The Morgan fingerprint density at radius 3 is 2.56 bits per heavy atom. The van der Waals surface area contributed by atoms with Crippen molar-refractivity contribution in [2.24, 2.45) is 5.73 Å². The number of primary amides is 1. The van der Waals surface area contributed by atoms with Crippen molar-refractivity contribution in [1.29, 1.82) is 0 Å². The van der Waals surface area contributed by atoms with Gasteiger partial charge in [0.2, 0.25) is 5.82 Å². The number of carbonyl (C=O) groups excluding carboxylic acids is 1. The number of aromatic nitrogens is 2. The van der Waals surface area contributed by atoms with Gasteiger partial charge in [0.1, 0.15) is 5.69 Å². The Bertz CT molecular complexity index is 1390. The minimum Gasteiger partial charge on any atom is -0.494 e. The molecular weight excluding hydrogens is 486 g/mol. The van der Waals surface area contributed by atoms with E-state index in [1.165, 1.54) is 44.7 Å². The number of aromatic amines is 1. The molecule has 1 fully saturated rings. The minimum atomic E-state index is -4.71. The first-order valence-electron chi connectivity index (χ1n) is 10.8. The van der Waals surface area contributed by atoms with Crippen molar-refractivity contribution in [2.45, 2.75) is 37.0 Å². The first-order valence-corrected chi connectivity index (χ1v) is 10.8. The average molecular weight is 509 g/mol. The van der Waals surface area contributed by atoms with Gasteiger partial charge in [0.15, 0.2) is 22.5 Å². The van der Waals surface area contributed by atoms with Crippen molar-refractivity contribution in [3.63, 3.8) is 0 Å². The summed E-state index contributed by atoms with van der Waals surface area (Å²) >= 11 is 0. The molecule has 0 radical (unpaired) electrons. The van der Waals surface area contributed by atoms with E-state index in [9.17, 15) is 22.8 Å². The van der Waals surface area contributed by atoms with Crippen LogP contribution in [0.1, 0.15) is 46.9 Å². The van der Waals surface area contributed by atoms with Gasteiger partial charge in [-0.25, -0.2) is 0 Å². The summed E-state index contributed by atoms with van der Waals surface area (Å²) in [4.78, 5) is 31.6. The quantitative estimate of drug-likeness (QED) is 0.506. The van der Waals surface area contributed by atoms with Crippen LogP contribution in [0.2, 0.25) is 0 Å². The van der Waals surface area contributed by atoms with Crippen LogP contribution in [0.3, 0.4) is 0 Å². The van der Waals surface area contributed by atoms with E-state index < -0.39 is 53.8 Å². The molecule has 3 N–H and O–H groups in total. The van der Waals surface area contributed by atoms with E-state index in [-0.39, 0.29) is 39.4 Å². The molecule has 4 rings (SSSR count). The molecule has 36 heavy (non-hydrogen) atoms. The molecule has 1 aliphatic heterocycles. The van der Waals surface area contributed by atoms with E-state index >= 15 is 4.39 Å². The fourth-order valence-corrected chi connectivity index (χ4v) is 4.66. The van der Waals surface area contributed by atoms with Crippen molar-refractivity contribution in [3.8, 4) is 11.5 Å². The third-order valence-corrected chi connectivity index (χ3v) is 6.59. The average Bonchev–Trinajstić information content (AvgIpc) is 2.82. The summed E-state index contributed by atoms with van der Waals surface area (Å²) in [7, 11) is 2.46. The van der Waals surface area contributed by atoms with Crippen LogP contribution in [0.4, 0.5) is 17.6 Å². The lowest BCUT2D eigenvalue weighted by atomic mass is 9.74. The molecule has 1 saturated heterocycles. The van der Waals surface area contributed by atoms with Crippen LogP contribution in [0.5, 0.6) is 11.5 Å². The molecule has 0 bridgehead atoms. The smallest absolute Gasteiger partial charge is 0.417 e. The molecule has 8 nitrogen and oxygen atoms in total. The summed E-state index contributed by atoms with van der Waals surface area (Å²) < 4.78 is 72.4. The van der Waals surface area contributed by atoms with Gasteiger partial charge in [-0.1, -0.05) is 6.07 Å². The molecule has 1 aliphatic rings. The molecule has 3 atom stereocenters. The minimum absolute atomic E-state index is 0.0461. The molecule has 12 heteroatoms. The van der Waals surface area contributed by atoms with Crippen molar-refractivity contribution in [1.82, 2.24) is 9.97 Å². The maximum Gasteiger partial charge on any atom is 0.417 e. The topological polar surface area (TPSA) is 117 Å². The highest BCUT2D eigenvalue weighted by Crippen LogP contribution is 2.52. The summed E-state index contributed by atoms with van der Waals surface area (Å²) in [5, 5.41) is -0.0461. The van der Waals surface area contributed by atoms with Gasteiger partial charge >= 0.3 is 6.18 Å².